The summed E-state index contributed by atoms with van der Waals surface area (Å²) >= 11 is 0. The van der Waals surface area contributed by atoms with Crippen molar-refractivity contribution in [1.82, 2.24) is 5.32 Å². The molecule has 0 saturated heterocycles. The molecule has 72 valence electrons. The van der Waals surface area contributed by atoms with Crippen LogP contribution in [0.4, 0.5) is 0 Å². The van der Waals surface area contributed by atoms with Gasteiger partial charge in [0.1, 0.15) is 0 Å². The molecule has 2 nitrogen and oxygen atoms in total. The van der Waals surface area contributed by atoms with E-state index in [0.717, 1.165) is 19.4 Å². The van der Waals surface area contributed by atoms with Crippen molar-refractivity contribution >= 4 is 0 Å². The van der Waals surface area contributed by atoms with Gasteiger partial charge in [-0.3, -0.25) is 0 Å². The van der Waals surface area contributed by atoms with Gasteiger partial charge in [-0.2, -0.15) is 0 Å². The Hall–Kier alpha value is -0.0800. The maximum absolute atomic E-state index is 9.57. The zero-order chi connectivity index (χ0) is 8.97. The summed E-state index contributed by atoms with van der Waals surface area (Å²) in [6.07, 6.45) is 4.69. The first-order valence-electron chi connectivity index (χ1n) is 5.19. The molecule has 1 saturated carbocycles. The summed E-state index contributed by atoms with van der Waals surface area (Å²) in [6.45, 7) is 5.16. The third kappa shape index (κ3) is 3.11. The monoisotopic (exact) mass is 171 g/mol. The Labute approximate surface area is 75.4 Å². The normalized spacial score (nSPS) is 20.0. The minimum atomic E-state index is -0.0920. The molecule has 0 amide bonds. The van der Waals surface area contributed by atoms with E-state index >= 15 is 0 Å². The molecule has 1 atom stereocenters. The highest BCUT2D eigenvalue weighted by atomic mass is 16.3. The summed E-state index contributed by atoms with van der Waals surface area (Å²) in [4.78, 5) is 0. The van der Waals surface area contributed by atoms with Crippen LogP contribution in [0.1, 0.15) is 39.5 Å². The second-order valence-electron chi connectivity index (χ2n) is 3.83. The largest absolute Gasteiger partial charge is 0.392 e. The van der Waals surface area contributed by atoms with Gasteiger partial charge in [0.2, 0.25) is 0 Å². The van der Waals surface area contributed by atoms with Gasteiger partial charge < -0.3 is 10.4 Å². The van der Waals surface area contributed by atoms with Crippen molar-refractivity contribution in [1.29, 1.82) is 0 Å². The van der Waals surface area contributed by atoms with E-state index < -0.39 is 0 Å². The summed E-state index contributed by atoms with van der Waals surface area (Å²) < 4.78 is 0. The lowest BCUT2D eigenvalue weighted by atomic mass is 10.1. The van der Waals surface area contributed by atoms with Crippen LogP contribution >= 0.6 is 0 Å². The van der Waals surface area contributed by atoms with Crippen LogP contribution in [-0.2, 0) is 0 Å². The van der Waals surface area contributed by atoms with E-state index in [0.29, 0.717) is 12.0 Å². The molecule has 12 heavy (non-hydrogen) atoms. The predicted octanol–water partition coefficient (Wildman–Crippen LogP) is 1.54. The number of aliphatic hydroxyl groups is 1. The third-order valence-corrected chi connectivity index (χ3v) is 2.77. The Morgan fingerprint density at radius 1 is 1.33 bits per heavy atom. The summed E-state index contributed by atoms with van der Waals surface area (Å²) in [6, 6.07) is 0.596. The first-order chi connectivity index (χ1) is 5.77. The SMILES string of the molecule is CCC(CC)NCC(O)C1CC1. The molecule has 0 radical (unpaired) electrons. The van der Waals surface area contributed by atoms with Gasteiger partial charge in [0, 0.05) is 12.6 Å². The van der Waals surface area contributed by atoms with Crippen molar-refractivity contribution in [2.45, 2.75) is 51.7 Å². The van der Waals surface area contributed by atoms with Crippen LogP contribution in [0, 0.1) is 5.92 Å². The standard InChI is InChI=1S/C10H21NO/c1-3-9(4-2)11-7-10(12)8-5-6-8/h8-12H,3-7H2,1-2H3. The summed E-state index contributed by atoms with van der Waals surface area (Å²) in [5.41, 5.74) is 0. The molecule has 2 heteroatoms. The second-order valence-corrected chi connectivity index (χ2v) is 3.83. The van der Waals surface area contributed by atoms with Crippen molar-refractivity contribution in [2.75, 3.05) is 6.54 Å². The van der Waals surface area contributed by atoms with Crippen molar-refractivity contribution in [3.05, 3.63) is 0 Å². The molecule has 0 bridgehead atoms. The zero-order valence-corrected chi connectivity index (χ0v) is 8.21. The fraction of sp³-hybridized carbons (Fsp3) is 1.00. The van der Waals surface area contributed by atoms with Gasteiger partial charge in [0.25, 0.3) is 0 Å². The van der Waals surface area contributed by atoms with E-state index in [1.807, 2.05) is 0 Å². The number of rotatable bonds is 6. The quantitative estimate of drug-likeness (QED) is 0.635. The Morgan fingerprint density at radius 2 is 1.92 bits per heavy atom. The van der Waals surface area contributed by atoms with Crippen molar-refractivity contribution in [3.8, 4) is 0 Å². The van der Waals surface area contributed by atoms with Crippen LogP contribution in [0.25, 0.3) is 0 Å². The van der Waals surface area contributed by atoms with E-state index in [-0.39, 0.29) is 6.10 Å². The van der Waals surface area contributed by atoms with E-state index in [1.165, 1.54) is 12.8 Å². The third-order valence-electron chi connectivity index (χ3n) is 2.77. The highest BCUT2D eigenvalue weighted by molar-refractivity contribution is 4.82. The van der Waals surface area contributed by atoms with Gasteiger partial charge in [-0.15, -0.1) is 0 Å². The molecule has 0 aromatic heterocycles. The van der Waals surface area contributed by atoms with Crippen molar-refractivity contribution in [3.63, 3.8) is 0 Å². The molecular weight excluding hydrogens is 150 g/mol. The Morgan fingerprint density at radius 3 is 2.33 bits per heavy atom. The lowest BCUT2D eigenvalue weighted by molar-refractivity contribution is 0.144. The van der Waals surface area contributed by atoms with Crippen molar-refractivity contribution < 1.29 is 5.11 Å². The molecule has 1 aliphatic rings. The van der Waals surface area contributed by atoms with Gasteiger partial charge in [0.15, 0.2) is 0 Å². The van der Waals surface area contributed by atoms with E-state index in [4.69, 9.17) is 0 Å². The molecule has 1 fully saturated rings. The summed E-state index contributed by atoms with van der Waals surface area (Å²) in [5.74, 6) is 0.604. The van der Waals surface area contributed by atoms with Crippen LogP contribution < -0.4 is 5.32 Å². The van der Waals surface area contributed by atoms with E-state index in [9.17, 15) is 5.11 Å². The van der Waals surface area contributed by atoms with Crippen LogP contribution in [0.2, 0.25) is 0 Å². The zero-order valence-electron chi connectivity index (χ0n) is 8.21. The second kappa shape index (κ2) is 4.83. The first kappa shape index (κ1) is 10.0. The average Bonchev–Trinajstić information content (AvgIpc) is 2.88. The van der Waals surface area contributed by atoms with Crippen LogP contribution in [0.15, 0.2) is 0 Å². The summed E-state index contributed by atoms with van der Waals surface area (Å²) in [7, 11) is 0. The molecule has 0 spiro atoms. The van der Waals surface area contributed by atoms with E-state index in [2.05, 4.69) is 19.2 Å². The molecule has 0 aromatic carbocycles. The molecule has 0 aromatic rings. The Kier molecular flexibility index (Phi) is 4.02. The smallest absolute Gasteiger partial charge is 0.0692 e. The Bertz CT molecular complexity index is 117. The molecule has 1 rings (SSSR count). The predicted molar refractivity (Wildman–Crippen MR) is 51.1 cm³/mol. The topological polar surface area (TPSA) is 32.3 Å². The first-order valence-corrected chi connectivity index (χ1v) is 5.19. The highest BCUT2D eigenvalue weighted by Crippen LogP contribution is 2.32. The van der Waals surface area contributed by atoms with Crippen molar-refractivity contribution in [2.24, 2.45) is 5.92 Å². The maximum Gasteiger partial charge on any atom is 0.0692 e. The molecule has 2 N–H and O–H groups in total. The Balaban J connectivity index is 2.05. The van der Waals surface area contributed by atoms with Crippen LogP contribution in [0.3, 0.4) is 0 Å². The fourth-order valence-corrected chi connectivity index (χ4v) is 1.51. The van der Waals surface area contributed by atoms with Crippen LogP contribution in [-0.4, -0.2) is 23.8 Å². The summed E-state index contributed by atoms with van der Waals surface area (Å²) in [5, 5.41) is 13.0. The van der Waals surface area contributed by atoms with Crippen LogP contribution in [0.5, 0.6) is 0 Å². The minimum Gasteiger partial charge on any atom is -0.392 e. The van der Waals surface area contributed by atoms with Gasteiger partial charge in [-0.1, -0.05) is 13.8 Å². The number of nitrogens with one attached hydrogen (secondary N) is 1. The van der Waals surface area contributed by atoms with Gasteiger partial charge in [-0.25, -0.2) is 0 Å². The molecule has 0 heterocycles. The molecular formula is C10H21NO. The maximum atomic E-state index is 9.57. The fourth-order valence-electron chi connectivity index (χ4n) is 1.51. The lowest BCUT2D eigenvalue weighted by Crippen LogP contribution is -2.35. The molecule has 0 aliphatic heterocycles. The number of aliphatic hydroxyl groups excluding tert-OH is 1. The average molecular weight is 171 g/mol. The number of hydrogen-bond acceptors (Lipinski definition) is 2. The minimum absolute atomic E-state index is 0.0920. The molecule has 1 aliphatic carbocycles. The number of hydrogen-bond donors (Lipinski definition) is 2. The lowest BCUT2D eigenvalue weighted by Gasteiger charge is -2.17. The van der Waals surface area contributed by atoms with Gasteiger partial charge in [-0.05, 0) is 31.6 Å². The van der Waals surface area contributed by atoms with E-state index in [1.54, 1.807) is 0 Å². The highest BCUT2D eigenvalue weighted by Gasteiger charge is 2.29. The van der Waals surface area contributed by atoms with Gasteiger partial charge in [0.05, 0.1) is 6.10 Å². The molecule has 1 unspecified atom stereocenters. The van der Waals surface area contributed by atoms with Gasteiger partial charge >= 0.3 is 0 Å².